The van der Waals surface area contributed by atoms with Gasteiger partial charge in [0.1, 0.15) is 6.10 Å². The minimum atomic E-state index is 0.0801. The summed E-state index contributed by atoms with van der Waals surface area (Å²) in [4.78, 5) is 5.53. The van der Waals surface area contributed by atoms with Crippen molar-refractivity contribution < 1.29 is 4.74 Å². The molecule has 1 aromatic heterocycles. The Kier molecular flexibility index (Phi) is 3.87. The van der Waals surface area contributed by atoms with Gasteiger partial charge in [-0.25, -0.2) is 4.98 Å². The van der Waals surface area contributed by atoms with Crippen LogP contribution in [0.25, 0.3) is 5.69 Å². The molecule has 0 aliphatic carbocycles. The topological polar surface area (TPSA) is 39.1 Å². The molecule has 1 aliphatic rings. The molecule has 0 spiro atoms. The van der Waals surface area contributed by atoms with Crippen molar-refractivity contribution >= 4 is 11.8 Å². The van der Waals surface area contributed by atoms with Gasteiger partial charge in [-0.1, -0.05) is 0 Å². The minimum absolute atomic E-state index is 0.0801. The van der Waals surface area contributed by atoms with E-state index in [1.54, 1.807) is 11.8 Å². The van der Waals surface area contributed by atoms with E-state index in [9.17, 15) is 0 Å². The van der Waals surface area contributed by atoms with Crippen LogP contribution in [0.2, 0.25) is 0 Å². The zero-order valence-corrected chi connectivity index (χ0v) is 11.7. The Morgan fingerprint density at radius 1 is 1.37 bits per heavy atom. The van der Waals surface area contributed by atoms with E-state index in [2.05, 4.69) is 45.4 Å². The van der Waals surface area contributed by atoms with Crippen LogP contribution >= 0.6 is 11.8 Å². The van der Waals surface area contributed by atoms with Crippen LogP contribution in [0.5, 0.6) is 0 Å². The van der Waals surface area contributed by atoms with Crippen LogP contribution in [0.4, 0.5) is 0 Å². The Bertz CT molecular complexity index is 532. The van der Waals surface area contributed by atoms with E-state index in [0.29, 0.717) is 0 Å². The van der Waals surface area contributed by atoms with Crippen LogP contribution in [-0.2, 0) is 4.74 Å². The maximum atomic E-state index is 5.80. The fourth-order valence-corrected chi connectivity index (χ4v) is 2.67. The first-order chi connectivity index (χ1) is 9.38. The molecule has 1 saturated heterocycles. The van der Waals surface area contributed by atoms with Crippen molar-refractivity contribution in [2.75, 3.05) is 26.0 Å². The fourth-order valence-electron chi connectivity index (χ4n) is 2.26. The molecule has 2 heterocycles. The molecule has 0 amide bonds. The number of hydrogen-bond donors (Lipinski definition) is 1. The highest BCUT2D eigenvalue weighted by atomic mass is 32.2. The van der Waals surface area contributed by atoms with Crippen LogP contribution in [0.15, 0.2) is 41.7 Å². The molecule has 2 aromatic rings. The standard InChI is InChI=1S/C14H17N3OS/c1-19-12-4-2-11(3-5-12)17-10-16-8-13(17)14-9-15-6-7-18-14/h2-5,8,10,14-15H,6-7,9H2,1H3. The summed E-state index contributed by atoms with van der Waals surface area (Å²) in [6, 6.07) is 8.49. The van der Waals surface area contributed by atoms with Crippen molar-refractivity contribution in [2.24, 2.45) is 0 Å². The quantitative estimate of drug-likeness (QED) is 0.872. The van der Waals surface area contributed by atoms with Gasteiger partial charge in [-0.2, -0.15) is 0 Å². The third kappa shape index (κ3) is 2.68. The third-order valence-electron chi connectivity index (χ3n) is 3.28. The predicted octanol–water partition coefficient (Wildman–Crippen LogP) is 2.26. The Balaban J connectivity index is 1.89. The number of thioether (sulfide) groups is 1. The van der Waals surface area contributed by atoms with Gasteiger partial charge in [0.05, 0.1) is 24.8 Å². The number of nitrogens with zero attached hydrogens (tertiary/aromatic N) is 2. The van der Waals surface area contributed by atoms with Gasteiger partial charge < -0.3 is 14.6 Å². The molecule has 1 atom stereocenters. The minimum Gasteiger partial charge on any atom is -0.369 e. The molecular formula is C14H17N3OS. The Morgan fingerprint density at radius 3 is 2.89 bits per heavy atom. The highest BCUT2D eigenvalue weighted by Gasteiger charge is 2.19. The van der Waals surface area contributed by atoms with Crippen LogP contribution in [0.1, 0.15) is 11.8 Å². The predicted molar refractivity (Wildman–Crippen MR) is 76.9 cm³/mol. The lowest BCUT2D eigenvalue weighted by Gasteiger charge is -2.24. The maximum absolute atomic E-state index is 5.80. The number of nitrogens with one attached hydrogen (secondary N) is 1. The van der Waals surface area contributed by atoms with E-state index in [1.807, 2.05) is 12.5 Å². The number of morpholine rings is 1. The van der Waals surface area contributed by atoms with Crippen molar-refractivity contribution in [1.29, 1.82) is 0 Å². The molecule has 1 aliphatic heterocycles. The largest absolute Gasteiger partial charge is 0.369 e. The second kappa shape index (κ2) is 5.77. The van der Waals surface area contributed by atoms with Crippen molar-refractivity contribution in [2.45, 2.75) is 11.0 Å². The smallest absolute Gasteiger partial charge is 0.112 e. The highest BCUT2D eigenvalue weighted by molar-refractivity contribution is 7.98. The number of benzene rings is 1. The summed E-state index contributed by atoms with van der Waals surface area (Å²) in [6.45, 7) is 2.52. The summed E-state index contributed by atoms with van der Waals surface area (Å²) in [7, 11) is 0. The van der Waals surface area contributed by atoms with E-state index < -0.39 is 0 Å². The number of rotatable bonds is 3. The molecule has 100 valence electrons. The summed E-state index contributed by atoms with van der Waals surface area (Å²) in [6.07, 6.45) is 5.90. The van der Waals surface area contributed by atoms with E-state index in [4.69, 9.17) is 4.74 Å². The lowest BCUT2D eigenvalue weighted by atomic mass is 10.2. The normalized spacial score (nSPS) is 19.5. The van der Waals surface area contributed by atoms with Crippen molar-refractivity contribution in [1.82, 2.24) is 14.9 Å². The van der Waals surface area contributed by atoms with E-state index in [0.717, 1.165) is 31.1 Å². The average Bonchev–Trinajstić information content (AvgIpc) is 2.98. The second-order valence-electron chi connectivity index (χ2n) is 4.45. The van der Waals surface area contributed by atoms with Gasteiger partial charge in [0.2, 0.25) is 0 Å². The molecule has 5 heteroatoms. The first-order valence-corrected chi connectivity index (χ1v) is 7.60. The van der Waals surface area contributed by atoms with Gasteiger partial charge in [0.25, 0.3) is 0 Å². The van der Waals surface area contributed by atoms with Crippen LogP contribution < -0.4 is 5.32 Å². The monoisotopic (exact) mass is 275 g/mol. The van der Waals surface area contributed by atoms with E-state index in [-0.39, 0.29) is 6.10 Å². The molecule has 1 fully saturated rings. The van der Waals surface area contributed by atoms with Crippen molar-refractivity contribution in [3.05, 3.63) is 42.5 Å². The first-order valence-electron chi connectivity index (χ1n) is 6.37. The number of imidazole rings is 1. The Hall–Kier alpha value is -1.30. The zero-order valence-electron chi connectivity index (χ0n) is 10.9. The number of hydrogen-bond acceptors (Lipinski definition) is 4. The molecule has 0 saturated carbocycles. The summed E-state index contributed by atoms with van der Waals surface area (Å²) in [5.41, 5.74) is 2.23. The van der Waals surface area contributed by atoms with Gasteiger partial charge in [-0.05, 0) is 30.5 Å². The van der Waals surface area contributed by atoms with Crippen molar-refractivity contribution in [3.8, 4) is 5.69 Å². The molecular weight excluding hydrogens is 258 g/mol. The fraction of sp³-hybridized carbons (Fsp3) is 0.357. The van der Waals surface area contributed by atoms with E-state index >= 15 is 0 Å². The third-order valence-corrected chi connectivity index (χ3v) is 4.02. The Morgan fingerprint density at radius 2 is 2.21 bits per heavy atom. The van der Waals surface area contributed by atoms with Gasteiger partial charge in [-0.15, -0.1) is 11.8 Å². The van der Waals surface area contributed by atoms with Gasteiger partial charge in [-0.3, -0.25) is 0 Å². The lowest BCUT2D eigenvalue weighted by molar-refractivity contribution is 0.0240. The van der Waals surface area contributed by atoms with Crippen LogP contribution in [-0.4, -0.2) is 35.5 Å². The van der Waals surface area contributed by atoms with Crippen LogP contribution in [0.3, 0.4) is 0 Å². The number of aromatic nitrogens is 2. The first kappa shape index (κ1) is 12.7. The second-order valence-corrected chi connectivity index (χ2v) is 5.33. The van der Waals surface area contributed by atoms with Gasteiger partial charge in [0, 0.05) is 23.7 Å². The summed E-state index contributed by atoms with van der Waals surface area (Å²) < 4.78 is 7.90. The summed E-state index contributed by atoms with van der Waals surface area (Å²) >= 11 is 1.75. The molecule has 1 unspecified atom stereocenters. The Labute approximate surface area is 117 Å². The highest BCUT2D eigenvalue weighted by Crippen LogP contribution is 2.23. The lowest BCUT2D eigenvalue weighted by Crippen LogP contribution is -2.34. The van der Waals surface area contributed by atoms with E-state index in [1.165, 1.54) is 4.90 Å². The molecule has 3 rings (SSSR count). The molecule has 19 heavy (non-hydrogen) atoms. The molecule has 0 radical (unpaired) electrons. The zero-order chi connectivity index (χ0) is 13.1. The summed E-state index contributed by atoms with van der Waals surface area (Å²) in [5, 5.41) is 3.35. The summed E-state index contributed by atoms with van der Waals surface area (Å²) in [5.74, 6) is 0. The molecule has 1 aromatic carbocycles. The molecule has 1 N–H and O–H groups in total. The number of ether oxygens (including phenoxy) is 1. The maximum Gasteiger partial charge on any atom is 0.112 e. The molecule has 0 bridgehead atoms. The average molecular weight is 275 g/mol. The van der Waals surface area contributed by atoms with Crippen molar-refractivity contribution in [3.63, 3.8) is 0 Å². The van der Waals surface area contributed by atoms with Crippen LogP contribution in [0, 0.1) is 0 Å². The van der Waals surface area contributed by atoms with Gasteiger partial charge >= 0.3 is 0 Å². The SMILES string of the molecule is CSc1ccc(-n2cncc2C2CNCCO2)cc1. The van der Waals surface area contributed by atoms with Gasteiger partial charge in [0.15, 0.2) is 0 Å². The molecule has 4 nitrogen and oxygen atoms in total.